The molecule has 1 heterocycles. The SMILES string of the molecule is Cc1cc(NC(=O)CNCC(F)(F)F)ccn1. The monoisotopic (exact) mass is 247 g/mol. The van der Waals surface area contributed by atoms with Crippen molar-refractivity contribution in [1.29, 1.82) is 0 Å². The minimum absolute atomic E-state index is 0.388. The van der Waals surface area contributed by atoms with Crippen LogP contribution in [0.25, 0.3) is 0 Å². The van der Waals surface area contributed by atoms with Crippen LogP contribution in [-0.2, 0) is 4.79 Å². The smallest absolute Gasteiger partial charge is 0.325 e. The van der Waals surface area contributed by atoms with E-state index >= 15 is 0 Å². The number of carbonyl (C=O) groups excluding carboxylic acids is 1. The number of carbonyl (C=O) groups is 1. The Morgan fingerprint density at radius 1 is 1.47 bits per heavy atom. The topological polar surface area (TPSA) is 54.0 Å². The largest absolute Gasteiger partial charge is 0.401 e. The van der Waals surface area contributed by atoms with Gasteiger partial charge in [-0.1, -0.05) is 0 Å². The van der Waals surface area contributed by atoms with E-state index in [1.165, 1.54) is 6.20 Å². The molecule has 4 nitrogen and oxygen atoms in total. The van der Waals surface area contributed by atoms with Crippen molar-refractivity contribution in [1.82, 2.24) is 10.3 Å². The molecular formula is C10H12F3N3O. The molecule has 0 spiro atoms. The van der Waals surface area contributed by atoms with Gasteiger partial charge in [0.15, 0.2) is 0 Å². The quantitative estimate of drug-likeness (QED) is 0.847. The van der Waals surface area contributed by atoms with Crippen LogP contribution in [0.5, 0.6) is 0 Å². The van der Waals surface area contributed by atoms with Crippen molar-refractivity contribution < 1.29 is 18.0 Å². The average Bonchev–Trinajstić information content (AvgIpc) is 2.15. The van der Waals surface area contributed by atoms with Crippen LogP contribution in [0.15, 0.2) is 18.3 Å². The number of hydrogen-bond donors (Lipinski definition) is 2. The number of rotatable bonds is 4. The number of nitrogens with one attached hydrogen (secondary N) is 2. The van der Waals surface area contributed by atoms with Gasteiger partial charge in [-0.05, 0) is 19.1 Å². The zero-order valence-electron chi connectivity index (χ0n) is 9.14. The first kappa shape index (κ1) is 13.4. The van der Waals surface area contributed by atoms with Crippen LogP contribution in [0, 0.1) is 6.92 Å². The molecule has 0 bridgehead atoms. The second-order valence-corrected chi connectivity index (χ2v) is 3.45. The Morgan fingerprint density at radius 2 is 2.18 bits per heavy atom. The molecule has 0 aromatic carbocycles. The maximum atomic E-state index is 11.8. The van der Waals surface area contributed by atoms with Gasteiger partial charge in [0.2, 0.25) is 5.91 Å². The minimum Gasteiger partial charge on any atom is -0.325 e. The Labute approximate surface area is 96.2 Å². The van der Waals surface area contributed by atoms with Gasteiger partial charge in [-0.15, -0.1) is 0 Å². The van der Waals surface area contributed by atoms with E-state index in [0.717, 1.165) is 0 Å². The number of anilines is 1. The van der Waals surface area contributed by atoms with Crippen molar-refractivity contribution in [2.24, 2.45) is 0 Å². The molecule has 1 aromatic rings. The second kappa shape index (κ2) is 5.62. The summed E-state index contributed by atoms with van der Waals surface area (Å²) in [5.74, 6) is -0.528. The summed E-state index contributed by atoms with van der Waals surface area (Å²) >= 11 is 0. The Hall–Kier alpha value is -1.63. The third kappa shape index (κ3) is 5.86. The normalized spacial score (nSPS) is 11.3. The van der Waals surface area contributed by atoms with Gasteiger partial charge in [-0.25, -0.2) is 0 Å². The van der Waals surface area contributed by atoms with Gasteiger partial charge in [0.25, 0.3) is 0 Å². The number of aromatic nitrogens is 1. The first-order valence-corrected chi connectivity index (χ1v) is 4.87. The Morgan fingerprint density at radius 3 is 2.76 bits per heavy atom. The van der Waals surface area contributed by atoms with Crippen molar-refractivity contribution in [3.8, 4) is 0 Å². The molecule has 1 amide bonds. The molecule has 0 aliphatic rings. The lowest BCUT2D eigenvalue weighted by molar-refractivity contribution is -0.126. The molecule has 0 unspecified atom stereocenters. The molecule has 0 aliphatic heterocycles. The minimum atomic E-state index is -4.31. The summed E-state index contributed by atoms with van der Waals surface area (Å²) in [4.78, 5) is 15.2. The zero-order valence-corrected chi connectivity index (χ0v) is 9.14. The van der Waals surface area contributed by atoms with Gasteiger partial charge >= 0.3 is 6.18 Å². The highest BCUT2D eigenvalue weighted by atomic mass is 19.4. The standard InChI is InChI=1S/C10H12F3N3O/c1-7-4-8(2-3-15-7)16-9(17)5-14-6-10(11,12)13/h2-4,14H,5-6H2,1H3,(H,15,16,17). The maximum Gasteiger partial charge on any atom is 0.401 e. The number of halogens is 3. The summed E-state index contributed by atoms with van der Waals surface area (Å²) in [6.07, 6.45) is -2.80. The van der Waals surface area contributed by atoms with E-state index in [1.807, 2.05) is 5.32 Å². The van der Waals surface area contributed by atoms with Crippen molar-refractivity contribution >= 4 is 11.6 Å². The lowest BCUT2D eigenvalue weighted by Crippen LogP contribution is -2.35. The Balaban J connectivity index is 2.35. The molecule has 0 fully saturated rings. The van der Waals surface area contributed by atoms with E-state index in [1.54, 1.807) is 19.1 Å². The van der Waals surface area contributed by atoms with Crippen molar-refractivity contribution in [2.75, 3.05) is 18.4 Å². The molecule has 1 rings (SSSR count). The highest BCUT2D eigenvalue weighted by Crippen LogP contribution is 2.12. The van der Waals surface area contributed by atoms with E-state index in [-0.39, 0.29) is 6.54 Å². The van der Waals surface area contributed by atoms with Crippen LogP contribution in [0.4, 0.5) is 18.9 Å². The van der Waals surface area contributed by atoms with Gasteiger partial charge < -0.3 is 10.6 Å². The van der Waals surface area contributed by atoms with Crippen molar-refractivity contribution in [3.05, 3.63) is 24.0 Å². The van der Waals surface area contributed by atoms with Gasteiger partial charge in [0, 0.05) is 17.6 Å². The Bertz CT molecular complexity index is 393. The first-order valence-electron chi connectivity index (χ1n) is 4.87. The second-order valence-electron chi connectivity index (χ2n) is 3.45. The van der Waals surface area contributed by atoms with Crippen LogP contribution >= 0.6 is 0 Å². The lowest BCUT2D eigenvalue weighted by Gasteiger charge is -2.08. The molecule has 0 saturated carbocycles. The highest BCUT2D eigenvalue weighted by Gasteiger charge is 2.26. The van der Waals surface area contributed by atoms with Gasteiger partial charge in [-0.2, -0.15) is 13.2 Å². The summed E-state index contributed by atoms with van der Waals surface area (Å²) in [6, 6.07) is 3.19. The molecule has 0 atom stereocenters. The fourth-order valence-electron chi connectivity index (χ4n) is 1.15. The number of pyridine rings is 1. The average molecular weight is 247 g/mol. The molecule has 94 valence electrons. The number of aryl methyl sites for hydroxylation is 1. The van der Waals surface area contributed by atoms with E-state index in [2.05, 4.69) is 10.3 Å². The van der Waals surface area contributed by atoms with Gasteiger partial charge in [0.1, 0.15) is 0 Å². The van der Waals surface area contributed by atoms with Gasteiger partial charge in [0.05, 0.1) is 13.1 Å². The first-order chi connectivity index (χ1) is 7.87. The number of alkyl halides is 3. The highest BCUT2D eigenvalue weighted by molar-refractivity contribution is 5.92. The predicted octanol–water partition coefficient (Wildman–Crippen LogP) is 1.48. The van der Waals surface area contributed by atoms with E-state index in [0.29, 0.717) is 11.4 Å². The maximum absolute atomic E-state index is 11.8. The van der Waals surface area contributed by atoms with Crippen LogP contribution < -0.4 is 10.6 Å². The Kier molecular flexibility index (Phi) is 4.45. The van der Waals surface area contributed by atoms with Crippen LogP contribution in [0.2, 0.25) is 0 Å². The summed E-state index contributed by atoms with van der Waals surface area (Å²) < 4.78 is 35.4. The molecular weight excluding hydrogens is 235 g/mol. The molecule has 2 N–H and O–H groups in total. The van der Waals surface area contributed by atoms with Crippen LogP contribution in [0.3, 0.4) is 0 Å². The fourth-order valence-corrected chi connectivity index (χ4v) is 1.15. The zero-order chi connectivity index (χ0) is 12.9. The van der Waals surface area contributed by atoms with Gasteiger partial charge in [-0.3, -0.25) is 9.78 Å². The van der Waals surface area contributed by atoms with E-state index in [9.17, 15) is 18.0 Å². The third-order valence-electron chi connectivity index (χ3n) is 1.79. The number of hydrogen-bond acceptors (Lipinski definition) is 3. The predicted molar refractivity (Wildman–Crippen MR) is 56.5 cm³/mol. The lowest BCUT2D eigenvalue weighted by atomic mass is 10.3. The van der Waals surface area contributed by atoms with Crippen molar-refractivity contribution in [3.63, 3.8) is 0 Å². The molecule has 0 radical (unpaired) electrons. The number of nitrogens with zero attached hydrogens (tertiary/aromatic N) is 1. The summed E-state index contributed by atoms with van der Waals surface area (Å²) in [5, 5.41) is 4.47. The van der Waals surface area contributed by atoms with E-state index < -0.39 is 18.6 Å². The number of amides is 1. The van der Waals surface area contributed by atoms with E-state index in [4.69, 9.17) is 0 Å². The van der Waals surface area contributed by atoms with Crippen LogP contribution in [-0.4, -0.2) is 30.2 Å². The fraction of sp³-hybridized carbons (Fsp3) is 0.400. The molecule has 17 heavy (non-hydrogen) atoms. The van der Waals surface area contributed by atoms with Crippen LogP contribution in [0.1, 0.15) is 5.69 Å². The third-order valence-corrected chi connectivity index (χ3v) is 1.79. The van der Waals surface area contributed by atoms with Crippen molar-refractivity contribution in [2.45, 2.75) is 13.1 Å². The molecule has 7 heteroatoms. The molecule has 0 saturated heterocycles. The summed E-state index contributed by atoms with van der Waals surface area (Å²) in [5.41, 5.74) is 1.22. The molecule has 1 aromatic heterocycles. The summed E-state index contributed by atoms with van der Waals surface area (Å²) in [7, 11) is 0. The molecule has 0 aliphatic carbocycles. The summed E-state index contributed by atoms with van der Waals surface area (Å²) in [6.45, 7) is 0.175.